The van der Waals surface area contributed by atoms with Gasteiger partial charge < -0.3 is 4.90 Å². The highest BCUT2D eigenvalue weighted by Gasteiger charge is 2.37. The molecule has 5 nitrogen and oxygen atoms in total. The van der Waals surface area contributed by atoms with E-state index in [4.69, 9.17) is 0 Å². The van der Waals surface area contributed by atoms with Crippen molar-refractivity contribution in [2.45, 2.75) is 43.9 Å². The third-order valence-corrected chi connectivity index (χ3v) is 6.60. The van der Waals surface area contributed by atoms with Crippen molar-refractivity contribution < 1.29 is 13.2 Å². The van der Waals surface area contributed by atoms with Crippen LogP contribution in [0.3, 0.4) is 0 Å². The Morgan fingerprint density at radius 3 is 2.48 bits per heavy atom. The maximum Gasteiger partial charge on any atom is 0.240 e. The van der Waals surface area contributed by atoms with Crippen LogP contribution in [0.25, 0.3) is 0 Å². The first kappa shape index (κ1) is 19.6. The third-order valence-electron chi connectivity index (χ3n) is 5.18. The van der Waals surface area contributed by atoms with E-state index in [0.717, 1.165) is 16.8 Å². The lowest BCUT2D eigenvalue weighted by Gasteiger charge is -2.19. The second-order valence-electron chi connectivity index (χ2n) is 7.83. The van der Waals surface area contributed by atoms with E-state index in [9.17, 15) is 13.2 Å². The number of anilines is 1. The molecule has 3 rings (SSSR count). The van der Waals surface area contributed by atoms with E-state index in [0.29, 0.717) is 13.1 Å². The number of nitrogens with zero attached hydrogens (tertiary/aromatic N) is 1. The molecule has 0 bridgehead atoms. The number of benzene rings is 2. The summed E-state index contributed by atoms with van der Waals surface area (Å²) in [6.07, 6.45) is 0. The van der Waals surface area contributed by atoms with E-state index < -0.39 is 10.0 Å². The first-order valence-corrected chi connectivity index (χ1v) is 10.6. The second kappa shape index (κ2) is 7.09. The highest BCUT2D eigenvalue weighted by atomic mass is 32.2. The summed E-state index contributed by atoms with van der Waals surface area (Å²) in [6, 6.07) is 14.8. The topological polar surface area (TPSA) is 66.5 Å². The molecule has 0 aliphatic carbocycles. The SMILES string of the molecule is CC(=O)N1CC(C)(C)c2cc(S(=O)(=O)NC[C@H](C)c3ccccc3)ccc21. The Hall–Kier alpha value is -2.18. The molecule has 1 amide bonds. The van der Waals surface area contributed by atoms with Crippen LogP contribution in [0.4, 0.5) is 5.69 Å². The number of hydrogen-bond acceptors (Lipinski definition) is 3. The minimum Gasteiger partial charge on any atom is -0.311 e. The number of hydrogen-bond donors (Lipinski definition) is 1. The van der Waals surface area contributed by atoms with Gasteiger partial charge in [-0.1, -0.05) is 51.1 Å². The summed E-state index contributed by atoms with van der Waals surface area (Å²) in [4.78, 5) is 13.8. The Labute approximate surface area is 161 Å². The zero-order chi connectivity index (χ0) is 19.8. The molecule has 27 heavy (non-hydrogen) atoms. The lowest BCUT2D eigenvalue weighted by atomic mass is 9.87. The number of sulfonamides is 1. The van der Waals surface area contributed by atoms with Crippen molar-refractivity contribution in [1.29, 1.82) is 0 Å². The average Bonchev–Trinajstić information content (AvgIpc) is 2.91. The molecule has 6 heteroatoms. The van der Waals surface area contributed by atoms with Gasteiger partial charge in [-0.2, -0.15) is 0 Å². The predicted molar refractivity (Wildman–Crippen MR) is 108 cm³/mol. The van der Waals surface area contributed by atoms with E-state index in [-0.39, 0.29) is 22.1 Å². The molecule has 1 aliphatic heterocycles. The predicted octanol–water partition coefficient (Wildman–Crippen LogP) is 3.41. The molecular weight excluding hydrogens is 360 g/mol. The Kier molecular flexibility index (Phi) is 5.14. The minimum absolute atomic E-state index is 0.0350. The van der Waals surface area contributed by atoms with Crippen LogP contribution in [0.1, 0.15) is 44.7 Å². The molecule has 0 spiro atoms. The molecule has 1 aliphatic rings. The van der Waals surface area contributed by atoms with Gasteiger partial charge in [0.25, 0.3) is 0 Å². The van der Waals surface area contributed by atoms with Crippen molar-refractivity contribution in [2.24, 2.45) is 0 Å². The molecule has 0 fully saturated rings. The molecule has 1 heterocycles. The Morgan fingerprint density at radius 1 is 1.19 bits per heavy atom. The van der Waals surface area contributed by atoms with Gasteiger partial charge in [-0.15, -0.1) is 0 Å². The van der Waals surface area contributed by atoms with Crippen LogP contribution in [0, 0.1) is 0 Å². The summed E-state index contributed by atoms with van der Waals surface area (Å²) in [5.41, 5.74) is 2.48. The maximum atomic E-state index is 12.8. The fourth-order valence-corrected chi connectivity index (χ4v) is 4.68. The van der Waals surface area contributed by atoms with E-state index in [1.165, 1.54) is 6.92 Å². The molecule has 2 aromatic carbocycles. The number of fused-ring (bicyclic) bond motifs is 1. The molecule has 1 atom stereocenters. The van der Waals surface area contributed by atoms with Crippen LogP contribution in [0.5, 0.6) is 0 Å². The van der Waals surface area contributed by atoms with Crippen LogP contribution in [-0.4, -0.2) is 27.4 Å². The second-order valence-corrected chi connectivity index (χ2v) is 9.60. The molecule has 2 aromatic rings. The summed E-state index contributed by atoms with van der Waals surface area (Å²) < 4.78 is 28.3. The fourth-order valence-electron chi connectivity index (χ4n) is 3.52. The van der Waals surface area contributed by atoms with Gasteiger partial charge in [0, 0.05) is 31.1 Å². The van der Waals surface area contributed by atoms with Crippen LogP contribution in [-0.2, 0) is 20.2 Å². The van der Waals surface area contributed by atoms with Gasteiger partial charge in [-0.25, -0.2) is 13.1 Å². The van der Waals surface area contributed by atoms with Gasteiger partial charge >= 0.3 is 0 Å². The zero-order valence-corrected chi connectivity index (χ0v) is 17.0. The van der Waals surface area contributed by atoms with E-state index >= 15 is 0 Å². The van der Waals surface area contributed by atoms with Crippen molar-refractivity contribution in [3.05, 3.63) is 59.7 Å². The number of rotatable bonds is 5. The van der Waals surface area contributed by atoms with Crippen molar-refractivity contribution in [2.75, 3.05) is 18.0 Å². The van der Waals surface area contributed by atoms with Gasteiger partial charge in [0.2, 0.25) is 15.9 Å². The van der Waals surface area contributed by atoms with Crippen LogP contribution in [0.15, 0.2) is 53.4 Å². The van der Waals surface area contributed by atoms with Gasteiger partial charge in [0.15, 0.2) is 0 Å². The van der Waals surface area contributed by atoms with Crippen LogP contribution < -0.4 is 9.62 Å². The Balaban J connectivity index is 1.83. The molecule has 144 valence electrons. The van der Waals surface area contributed by atoms with Crippen LogP contribution in [0.2, 0.25) is 0 Å². The van der Waals surface area contributed by atoms with Gasteiger partial charge in [-0.05, 0) is 35.2 Å². The maximum absolute atomic E-state index is 12.8. The normalized spacial score (nSPS) is 16.8. The summed E-state index contributed by atoms with van der Waals surface area (Å²) >= 11 is 0. The zero-order valence-electron chi connectivity index (χ0n) is 16.2. The van der Waals surface area contributed by atoms with Crippen molar-refractivity contribution >= 4 is 21.6 Å². The smallest absolute Gasteiger partial charge is 0.240 e. The number of amides is 1. The summed E-state index contributed by atoms with van der Waals surface area (Å²) in [6.45, 7) is 8.45. The van der Waals surface area contributed by atoms with Gasteiger partial charge in [0.05, 0.1) is 4.90 Å². The number of carbonyl (C=O) groups is 1. The molecule has 0 unspecified atom stereocenters. The lowest BCUT2D eigenvalue weighted by Crippen LogP contribution is -2.31. The highest BCUT2D eigenvalue weighted by molar-refractivity contribution is 7.89. The van der Waals surface area contributed by atoms with Crippen LogP contribution >= 0.6 is 0 Å². The quantitative estimate of drug-likeness (QED) is 0.856. The molecular formula is C21H26N2O3S. The number of nitrogens with one attached hydrogen (secondary N) is 1. The van der Waals surface area contributed by atoms with Crippen molar-refractivity contribution in [3.8, 4) is 0 Å². The molecule has 0 saturated carbocycles. The lowest BCUT2D eigenvalue weighted by molar-refractivity contribution is -0.116. The minimum atomic E-state index is -3.63. The summed E-state index contributed by atoms with van der Waals surface area (Å²) in [5.74, 6) is 0.0345. The monoisotopic (exact) mass is 386 g/mol. The Morgan fingerprint density at radius 2 is 1.85 bits per heavy atom. The molecule has 0 aromatic heterocycles. The first-order chi connectivity index (χ1) is 12.6. The summed E-state index contributed by atoms with van der Waals surface area (Å²) in [7, 11) is -3.63. The first-order valence-electron chi connectivity index (χ1n) is 9.09. The molecule has 0 saturated heterocycles. The largest absolute Gasteiger partial charge is 0.311 e. The van der Waals surface area contributed by atoms with E-state index in [1.54, 1.807) is 23.1 Å². The van der Waals surface area contributed by atoms with Gasteiger partial charge in [-0.3, -0.25) is 4.79 Å². The third kappa shape index (κ3) is 3.92. The van der Waals surface area contributed by atoms with Crippen molar-refractivity contribution in [3.63, 3.8) is 0 Å². The number of carbonyl (C=O) groups excluding carboxylic acids is 1. The van der Waals surface area contributed by atoms with E-state index in [1.807, 2.05) is 51.1 Å². The molecule has 0 radical (unpaired) electrons. The summed E-state index contributed by atoms with van der Waals surface area (Å²) in [5, 5.41) is 0. The molecule has 1 N–H and O–H groups in total. The van der Waals surface area contributed by atoms with Gasteiger partial charge in [0.1, 0.15) is 0 Å². The standard InChI is InChI=1S/C21H26N2O3S/c1-15(17-8-6-5-7-9-17)13-22-27(25,26)18-10-11-20-19(12-18)21(3,4)14-23(20)16(2)24/h5-12,15,22H,13-14H2,1-4H3/t15-/m0/s1. The average molecular weight is 387 g/mol. The highest BCUT2D eigenvalue weighted by Crippen LogP contribution is 2.41. The Bertz CT molecular complexity index is 953. The van der Waals surface area contributed by atoms with Crippen molar-refractivity contribution in [1.82, 2.24) is 4.72 Å². The fraction of sp³-hybridized carbons (Fsp3) is 0.381. The van der Waals surface area contributed by atoms with E-state index in [2.05, 4.69) is 4.72 Å².